The molecule has 0 aliphatic heterocycles. The van der Waals surface area contributed by atoms with Gasteiger partial charge in [0.2, 0.25) is 0 Å². The lowest BCUT2D eigenvalue weighted by Gasteiger charge is -2.34. The fourth-order valence-electron chi connectivity index (χ4n) is 3.35. The van der Waals surface area contributed by atoms with Crippen LogP contribution in [0.2, 0.25) is 0 Å². The van der Waals surface area contributed by atoms with Crippen LogP contribution in [0.4, 0.5) is 0 Å². The van der Waals surface area contributed by atoms with Crippen molar-refractivity contribution in [3.8, 4) is 11.5 Å². The van der Waals surface area contributed by atoms with Crippen molar-refractivity contribution in [1.29, 1.82) is 0 Å². The maximum absolute atomic E-state index is 12.3. The van der Waals surface area contributed by atoms with Crippen molar-refractivity contribution >= 4 is 5.91 Å². The lowest BCUT2D eigenvalue weighted by Crippen LogP contribution is -2.27. The second-order valence-corrected chi connectivity index (χ2v) is 8.64. The Bertz CT molecular complexity index is 669. The van der Waals surface area contributed by atoms with Gasteiger partial charge in [-0.25, -0.2) is 0 Å². The second kappa shape index (κ2) is 8.93. The van der Waals surface area contributed by atoms with Crippen molar-refractivity contribution in [2.24, 2.45) is 5.73 Å². The first-order valence-electron chi connectivity index (χ1n) is 9.12. The molecule has 154 valence electrons. The van der Waals surface area contributed by atoms with Gasteiger partial charge in [-0.3, -0.25) is 4.79 Å². The number of carbonyl (C=O) groups is 1. The van der Waals surface area contributed by atoms with Crippen LogP contribution in [0.25, 0.3) is 0 Å². The number of amides is 1. The molecule has 0 radical (unpaired) electrons. The van der Waals surface area contributed by atoms with Crippen LogP contribution in [0.15, 0.2) is 0 Å². The topological polar surface area (TPSA) is 80.0 Å². The normalized spacial score (nSPS) is 12.2. The molecule has 0 heterocycles. The molecule has 0 saturated heterocycles. The molecular formula is C21H35NO5. The predicted molar refractivity (Wildman–Crippen MR) is 107 cm³/mol. The zero-order chi connectivity index (χ0) is 21.0. The average molecular weight is 382 g/mol. The number of methoxy groups -OCH3 is 2. The lowest BCUT2D eigenvalue weighted by molar-refractivity contribution is -0.0101. The molecule has 0 spiro atoms. The zero-order valence-corrected chi connectivity index (χ0v) is 18.2. The fourth-order valence-corrected chi connectivity index (χ4v) is 3.35. The van der Waals surface area contributed by atoms with Crippen LogP contribution in [-0.2, 0) is 20.3 Å². The summed E-state index contributed by atoms with van der Waals surface area (Å²) in [4.78, 5) is 12.3. The molecule has 6 nitrogen and oxygen atoms in total. The minimum absolute atomic E-state index is 0.0774. The number of hydrogen-bond acceptors (Lipinski definition) is 5. The number of primary amides is 1. The van der Waals surface area contributed by atoms with Gasteiger partial charge < -0.3 is 24.7 Å². The summed E-state index contributed by atoms with van der Waals surface area (Å²) in [6.07, 6.45) is 0. The summed E-state index contributed by atoms with van der Waals surface area (Å²) in [5.41, 5.74) is 8.02. The molecule has 0 atom stereocenters. The van der Waals surface area contributed by atoms with E-state index in [1.54, 1.807) is 14.2 Å². The van der Waals surface area contributed by atoms with E-state index in [-0.39, 0.29) is 17.6 Å². The monoisotopic (exact) mass is 381 g/mol. The Balaban J connectivity index is 3.73. The summed E-state index contributed by atoms with van der Waals surface area (Å²) >= 11 is 0. The van der Waals surface area contributed by atoms with Crippen LogP contribution in [0.5, 0.6) is 11.5 Å². The molecule has 2 N–H and O–H groups in total. The first kappa shape index (κ1) is 23.2. The number of hydrogen-bond donors (Lipinski definition) is 1. The standard InChI is InChI=1S/C21H35NO5/c1-13-14(19(22)23)17(25-9)16(21(5,6)7)18(15(13)20(2,3)4)27-12-26-11-10-24-8/h10-12H2,1-9H3,(H2,22,23). The van der Waals surface area contributed by atoms with Gasteiger partial charge in [-0.05, 0) is 23.3 Å². The first-order valence-corrected chi connectivity index (χ1v) is 9.12. The van der Waals surface area contributed by atoms with E-state index in [0.717, 1.165) is 16.7 Å². The maximum Gasteiger partial charge on any atom is 0.252 e. The van der Waals surface area contributed by atoms with Gasteiger partial charge in [-0.15, -0.1) is 0 Å². The van der Waals surface area contributed by atoms with E-state index >= 15 is 0 Å². The van der Waals surface area contributed by atoms with Gasteiger partial charge in [0, 0.05) is 18.2 Å². The Hall–Kier alpha value is -1.79. The van der Waals surface area contributed by atoms with Crippen molar-refractivity contribution in [2.45, 2.75) is 59.3 Å². The molecule has 0 saturated carbocycles. The van der Waals surface area contributed by atoms with Crippen molar-refractivity contribution in [1.82, 2.24) is 0 Å². The first-order chi connectivity index (χ1) is 12.4. The van der Waals surface area contributed by atoms with Crippen LogP contribution in [0, 0.1) is 6.92 Å². The van der Waals surface area contributed by atoms with Crippen molar-refractivity contribution < 1.29 is 23.7 Å². The number of carbonyl (C=O) groups excluding carboxylic acids is 1. The third-order valence-electron chi connectivity index (χ3n) is 4.33. The van der Waals surface area contributed by atoms with Crippen LogP contribution >= 0.6 is 0 Å². The Labute approximate surface area is 163 Å². The van der Waals surface area contributed by atoms with Gasteiger partial charge in [0.25, 0.3) is 5.91 Å². The molecule has 1 aromatic carbocycles. The van der Waals surface area contributed by atoms with E-state index in [9.17, 15) is 4.79 Å². The van der Waals surface area contributed by atoms with E-state index in [4.69, 9.17) is 24.7 Å². The molecule has 0 bridgehead atoms. The number of nitrogens with two attached hydrogens (primary N) is 1. The van der Waals surface area contributed by atoms with E-state index in [1.807, 2.05) is 6.92 Å². The summed E-state index contributed by atoms with van der Waals surface area (Å²) in [5.74, 6) is 0.641. The minimum atomic E-state index is -0.511. The van der Waals surface area contributed by atoms with Gasteiger partial charge in [-0.1, -0.05) is 41.5 Å². The SMILES string of the molecule is COCCOCOc1c(C(C)(C)C)c(C)c(C(N)=O)c(OC)c1C(C)(C)C. The summed E-state index contributed by atoms with van der Waals surface area (Å²) in [6, 6.07) is 0. The van der Waals surface area contributed by atoms with E-state index in [0.29, 0.717) is 30.3 Å². The van der Waals surface area contributed by atoms with E-state index in [2.05, 4.69) is 41.5 Å². The Kier molecular flexibility index (Phi) is 7.69. The zero-order valence-electron chi connectivity index (χ0n) is 18.2. The summed E-state index contributed by atoms with van der Waals surface area (Å²) in [5, 5.41) is 0. The summed E-state index contributed by atoms with van der Waals surface area (Å²) < 4.78 is 22.3. The third kappa shape index (κ3) is 5.36. The predicted octanol–water partition coefficient (Wildman–Crippen LogP) is 3.70. The molecule has 0 aliphatic carbocycles. The molecule has 0 aromatic heterocycles. The van der Waals surface area contributed by atoms with Gasteiger partial charge in [0.1, 0.15) is 11.5 Å². The molecule has 6 heteroatoms. The Morgan fingerprint density at radius 3 is 1.89 bits per heavy atom. The molecule has 1 aromatic rings. The Morgan fingerprint density at radius 1 is 0.926 bits per heavy atom. The highest BCUT2D eigenvalue weighted by Crippen LogP contribution is 2.48. The molecule has 0 aliphatic rings. The molecule has 1 rings (SSSR count). The van der Waals surface area contributed by atoms with Gasteiger partial charge in [0.05, 0.1) is 25.9 Å². The minimum Gasteiger partial charge on any atom is -0.495 e. The number of ether oxygens (including phenoxy) is 4. The fraction of sp³-hybridized carbons (Fsp3) is 0.667. The van der Waals surface area contributed by atoms with Crippen LogP contribution in [-0.4, -0.2) is 40.1 Å². The second-order valence-electron chi connectivity index (χ2n) is 8.64. The number of benzene rings is 1. The Morgan fingerprint density at radius 2 is 1.48 bits per heavy atom. The molecule has 27 heavy (non-hydrogen) atoms. The quantitative estimate of drug-likeness (QED) is 0.549. The van der Waals surface area contributed by atoms with E-state index in [1.165, 1.54) is 0 Å². The molecule has 1 amide bonds. The van der Waals surface area contributed by atoms with Gasteiger partial charge in [0.15, 0.2) is 6.79 Å². The van der Waals surface area contributed by atoms with Crippen LogP contribution < -0.4 is 15.2 Å². The van der Waals surface area contributed by atoms with Gasteiger partial charge >= 0.3 is 0 Å². The summed E-state index contributed by atoms with van der Waals surface area (Å²) in [7, 11) is 3.17. The molecular weight excluding hydrogens is 346 g/mol. The third-order valence-corrected chi connectivity index (χ3v) is 4.33. The average Bonchev–Trinajstić information content (AvgIpc) is 2.50. The van der Waals surface area contributed by atoms with Crippen LogP contribution in [0.3, 0.4) is 0 Å². The molecule has 0 fully saturated rings. The van der Waals surface area contributed by atoms with Gasteiger partial charge in [-0.2, -0.15) is 0 Å². The van der Waals surface area contributed by atoms with E-state index < -0.39 is 5.91 Å². The van der Waals surface area contributed by atoms with Crippen molar-refractivity contribution in [2.75, 3.05) is 34.2 Å². The highest BCUT2D eigenvalue weighted by atomic mass is 16.7. The number of rotatable bonds is 8. The van der Waals surface area contributed by atoms with Crippen molar-refractivity contribution in [3.63, 3.8) is 0 Å². The highest BCUT2D eigenvalue weighted by molar-refractivity contribution is 5.99. The van der Waals surface area contributed by atoms with Crippen LogP contribution in [0.1, 0.15) is 68.6 Å². The lowest BCUT2D eigenvalue weighted by atomic mass is 9.75. The molecule has 0 unspecified atom stereocenters. The van der Waals surface area contributed by atoms with Crippen molar-refractivity contribution in [3.05, 3.63) is 22.3 Å². The highest BCUT2D eigenvalue weighted by Gasteiger charge is 2.36. The largest absolute Gasteiger partial charge is 0.495 e. The maximum atomic E-state index is 12.3. The summed E-state index contributed by atoms with van der Waals surface area (Å²) in [6.45, 7) is 15.3. The smallest absolute Gasteiger partial charge is 0.252 e.